The molecular formula is C14H18F2O. The van der Waals surface area contributed by atoms with Crippen molar-refractivity contribution in [3.05, 3.63) is 35.4 Å². The predicted molar refractivity (Wildman–Crippen MR) is 62.5 cm³/mol. The predicted octanol–water partition coefficient (Wildman–Crippen LogP) is 3.97. The van der Waals surface area contributed by atoms with Crippen LogP contribution in [0.2, 0.25) is 0 Å². The second-order valence-electron chi connectivity index (χ2n) is 4.83. The maximum Gasteiger partial charge on any atom is 0.131 e. The van der Waals surface area contributed by atoms with Crippen LogP contribution in [0, 0.1) is 17.6 Å². The van der Waals surface area contributed by atoms with Gasteiger partial charge < -0.3 is 5.11 Å². The Bertz CT molecular complexity index is 350. The largest absolute Gasteiger partial charge is 0.388 e. The number of hydrogen-bond donors (Lipinski definition) is 1. The third-order valence-electron chi connectivity index (χ3n) is 3.64. The van der Waals surface area contributed by atoms with Crippen LogP contribution in [0.3, 0.4) is 0 Å². The Kier molecular flexibility index (Phi) is 4.11. The maximum absolute atomic E-state index is 13.6. The summed E-state index contributed by atoms with van der Waals surface area (Å²) in [5.41, 5.74) is -0.153. The number of rotatable bonds is 2. The molecule has 0 bridgehead atoms. The molecule has 1 aliphatic carbocycles. The molecule has 1 N–H and O–H groups in total. The summed E-state index contributed by atoms with van der Waals surface area (Å²) in [4.78, 5) is 0. The van der Waals surface area contributed by atoms with Crippen molar-refractivity contribution < 1.29 is 13.9 Å². The van der Waals surface area contributed by atoms with E-state index in [2.05, 4.69) is 0 Å². The van der Waals surface area contributed by atoms with E-state index in [1.165, 1.54) is 18.2 Å². The van der Waals surface area contributed by atoms with Gasteiger partial charge in [-0.3, -0.25) is 0 Å². The van der Waals surface area contributed by atoms with Crippen LogP contribution < -0.4 is 0 Å². The minimum atomic E-state index is -1.01. The van der Waals surface area contributed by atoms with E-state index in [-0.39, 0.29) is 11.5 Å². The summed E-state index contributed by atoms with van der Waals surface area (Å²) in [5, 5.41) is 10.2. The van der Waals surface area contributed by atoms with E-state index in [9.17, 15) is 13.9 Å². The fourth-order valence-electron chi connectivity index (χ4n) is 2.66. The van der Waals surface area contributed by atoms with Crippen LogP contribution in [-0.4, -0.2) is 5.11 Å². The van der Waals surface area contributed by atoms with Gasteiger partial charge in [0.05, 0.1) is 11.7 Å². The molecule has 0 radical (unpaired) electrons. The van der Waals surface area contributed by atoms with E-state index < -0.39 is 17.7 Å². The molecular weight excluding hydrogens is 222 g/mol. The lowest BCUT2D eigenvalue weighted by Crippen LogP contribution is -2.15. The molecule has 0 spiro atoms. The quantitative estimate of drug-likeness (QED) is 0.775. The second kappa shape index (κ2) is 5.58. The van der Waals surface area contributed by atoms with Crippen molar-refractivity contribution in [1.82, 2.24) is 0 Å². The van der Waals surface area contributed by atoms with Crippen LogP contribution in [0.4, 0.5) is 8.78 Å². The molecule has 0 unspecified atom stereocenters. The van der Waals surface area contributed by atoms with Gasteiger partial charge in [0.15, 0.2) is 0 Å². The summed E-state index contributed by atoms with van der Waals surface area (Å²) in [6.45, 7) is 0. The summed E-state index contributed by atoms with van der Waals surface area (Å²) in [7, 11) is 0. The van der Waals surface area contributed by atoms with Crippen LogP contribution in [-0.2, 0) is 0 Å². The van der Waals surface area contributed by atoms with Crippen molar-refractivity contribution in [3.8, 4) is 0 Å². The van der Waals surface area contributed by atoms with Crippen LogP contribution in [0.15, 0.2) is 18.2 Å². The summed E-state index contributed by atoms with van der Waals surface area (Å²) in [5.74, 6) is -1.28. The molecule has 2 rings (SSSR count). The van der Waals surface area contributed by atoms with Crippen LogP contribution in [0.1, 0.15) is 50.2 Å². The van der Waals surface area contributed by atoms with Crippen molar-refractivity contribution in [2.45, 2.75) is 44.6 Å². The SMILES string of the molecule is O[C@H](c1c(F)cccc1F)C1CCCCCC1. The fraction of sp³-hybridized carbons (Fsp3) is 0.571. The number of benzene rings is 1. The van der Waals surface area contributed by atoms with Gasteiger partial charge in [0.2, 0.25) is 0 Å². The molecule has 1 aliphatic rings. The fourth-order valence-corrected chi connectivity index (χ4v) is 2.66. The molecule has 1 saturated carbocycles. The molecule has 0 amide bonds. The molecule has 94 valence electrons. The minimum absolute atomic E-state index is 0.0103. The average Bonchev–Trinajstić information content (AvgIpc) is 2.57. The van der Waals surface area contributed by atoms with Crippen molar-refractivity contribution in [3.63, 3.8) is 0 Å². The number of halogens is 2. The third kappa shape index (κ3) is 2.83. The van der Waals surface area contributed by atoms with Gasteiger partial charge in [0, 0.05) is 0 Å². The van der Waals surface area contributed by atoms with Gasteiger partial charge >= 0.3 is 0 Å². The highest BCUT2D eigenvalue weighted by molar-refractivity contribution is 5.22. The zero-order chi connectivity index (χ0) is 12.3. The molecule has 0 saturated heterocycles. The molecule has 17 heavy (non-hydrogen) atoms. The molecule has 1 aromatic rings. The monoisotopic (exact) mass is 240 g/mol. The molecule has 0 aliphatic heterocycles. The van der Waals surface area contributed by atoms with Gasteiger partial charge in [-0.15, -0.1) is 0 Å². The Morgan fingerprint density at radius 2 is 1.53 bits per heavy atom. The highest BCUT2D eigenvalue weighted by Gasteiger charge is 2.26. The second-order valence-corrected chi connectivity index (χ2v) is 4.83. The topological polar surface area (TPSA) is 20.2 Å². The lowest BCUT2D eigenvalue weighted by molar-refractivity contribution is 0.0914. The average molecular weight is 240 g/mol. The first kappa shape index (κ1) is 12.5. The van der Waals surface area contributed by atoms with Gasteiger partial charge in [0.25, 0.3) is 0 Å². The summed E-state index contributed by atoms with van der Waals surface area (Å²) < 4.78 is 27.1. The van der Waals surface area contributed by atoms with Crippen LogP contribution >= 0.6 is 0 Å². The van der Waals surface area contributed by atoms with E-state index in [4.69, 9.17) is 0 Å². The number of aliphatic hydroxyl groups excluding tert-OH is 1. The van der Waals surface area contributed by atoms with Gasteiger partial charge in [0.1, 0.15) is 11.6 Å². The number of hydrogen-bond acceptors (Lipinski definition) is 1. The molecule has 0 heterocycles. The Morgan fingerprint density at radius 3 is 2.06 bits per heavy atom. The van der Waals surface area contributed by atoms with Gasteiger partial charge in [-0.2, -0.15) is 0 Å². The Labute approximate surface area is 100 Å². The molecule has 1 nitrogen and oxygen atoms in total. The molecule has 1 atom stereocenters. The Balaban J connectivity index is 2.20. The van der Waals surface area contributed by atoms with Gasteiger partial charge in [-0.1, -0.05) is 31.7 Å². The standard InChI is InChI=1S/C14H18F2O/c15-11-8-5-9-12(16)13(11)14(17)10-6-3-1-2-4-7-10/h5,8-10,14,17H,1-4,6-7H2/t14-/m0/s1. The lowest BCUT2D eigenvalue weighted by Gasteiger charge is -2.22. The van der Waals surface area contributed by atoms with E-state index in [1.807, 2.05) is 0 Å². The first-order chi connectivity index (χ1) is 8.20. The van der Waals surface area contributed by atoms with Crippen LogP contribution in [0.25, 0.3) is 0 Å². The smallest absolute Gasteiger partial charge is 0.131 e. The Morgan fingerprint density at radius 1 is 1.00 bits per heavy atom. The van der Waals surface area contributed by atoms with Crippen molar-refractivity contribution in [2.24, 2.45) is 5.92 Å². The van der Waals surface area contributed by atoms with E-state index in [0.29, 0.717) is 0 Å². The zero-order valence-corrected chi connectivity index (χ0v) is 9.83. The van der Waals surface area contributed by atoms with Gasteiger partial charge in [-0.25, -0.2) is 8.78 Å². The van der Waals surface area contributed by atoms with E-state index in [0.717, 1.165) is 38.5 Å². The van der Waals surface area contributed by atoms with Gasteiger partial charge in [-0.05, 0) is 30.9 Å². The summed E-state index contributed by atoms with van der Waals surface area (Å²) in [6, 6.07) is 3.74. The lowest BCUT2D eigenvalue weighted by atomic mass is 9.89. The zero-order valence-electron chi connectivity index (χ0n) is 9.83. The number of aliphatic hydroxyl groups is 1. The molecule has 3 heteroatoms. The highest BCUT2D eigenvalue weighted by atomic mass is 19.1. The highest BCUT2D eigenvalue weighted by Crippen LogP contribution is 2.35. The molecule has 0 aromatic heterocycles. The van der Waals surface area contributed by atoms with E-state index in [1.54, 1.807) is 0 Å². The first-order valence-corrected chi connectivity index (χ1v) is 6.32. The first-order valence-electron chi connectivity index (χ1n) is 6.32. The normalized spacial score (nSPS) is 19.9. The van der Waals surface area contributed by atoms with Crippen molar-refractivity contribution >= 4 is 0 Å². The third-order valence-corrected chi connectivity index (χ3v) is 3.64. The molecule has 1 fully saturated rings. The maximum atomic E-state index is 13.6. The van der Waals surface area contributed by atoms with Crippen LogP contribution in [0.5, 0.6) is 0 Å². The Hall–Kier alpha value is -0.960. The minimum Gasteiger partial charge on any atom is -0.388 e. The summed E-state index contributed by atoms with van der Waals surface area (Å²) >= 11 is 0. The van der Waals surface area contributed by atoms with E-state index >= 15 is 0 Å². The summed E-state index contributed by atoms with van der Waals surface area (Å²) in [6.07, 6.45) is 5.10. The van der Waals surface area contributed by atoms with Crippen molar-refractivity contribution in [2.75, 3.05) is 0 Å². The molecule has 1 aromatic carbocycles. The van der Waals surface area contributed by atoms with Crippen molar-refractivity contribution in [1.29, 1.82) is 0 Å².